The van der Waals surface area contributed by atoms with E-state index in [0.717, 1.165) is 11.1 Å². The van der Waals surface area contributed by atoms with E-state index in [0.29, 0.717) is 16.8 Å². The van der Waals surface area contributed by atoms with Gasteiger partial charge in [-0.3, -0.25) is 0 Å². The molecule has 164 valence electrons. The molecule has 0 aliphatic heterocycles. The van der Waals surface area contributed by atoms with Gasteiger partial charge in [0.2, 0.25) is 10.0 Å². The van der Waals surface area contributed by atoms with Crippen molar-refractivity contribution < 1.29 is 17.9 Å². The maximum atomic E-state index is 12.9. The Morgan fingerprint density at radius 2 is 1.68 bits per heavy atom. The van der Waals surface area contributed by atoms with Gasteiger partial charge >= 0.3 is 6.03 Å². The number of sulfonamides is 1. The third-order valence-electron chi connectivity index (χ3n) is 4.66. The zero-order chi connectivity index (χ0) is 22.4. The minimum Gasteiger partial charge on any atom is -0.497 e. The number of ether oxygens (including phenoxy) is 1. The lowest BCUT2D eigenvalue weighted by Crippen LogP contribution is -2.36. The summed E-state index contributed by atoms with van der Waals surface area (Å²) in [6.07, 6.45) is 0. The second-order valence-corrected chi connectivity index (χ2v) is 8.77. The Balaban J connectivity index is 1.62. The number of amides is 2. The molecule has 3 aromatic carbocycles. The molecule has 0 aromatic heterocycles. The van der Waals surface area contributed by atoms with Gasteiger partial charge in [-0.05, 0) is 24.3 Å². The third-order valence-corrected chi connectivity index (χ3v) is 6.18. The van der Waals surface area contributed by atoms with Gasteiger partial charge in [0, 0.05) is 55.4 Å². The van der Waals surface area contributed by atoms with E-state index in [1.807, 2.05) is 37.2 Å². The number of hydrogen-bond acceptors (Lipinski definition) is 5. The van der Waals surface area contributed by atoms with Crippen molar-refractivity contribution in [2.75, 3.05) is 44.5 Å². The minimum atomic E-state index is -3.75. The van der Waals surface area contributed by atoms with E-state index in [1.54, 1.807) is 49.6 Å². The molecule has 9 heteroatoms. The zero-order valence-electron chi connectivity index (χ0n) is 17.7. The van der Waals surface area contributed by atoms with E-state index in [4.69, 9.17) is 4.74 Å². The van der Waals surface area contributed by atoms with Crippen LogP contribution in [0, 0.1) is 0 Å². The number of hydrogen-bond donors (Lipinski definition) is 3. The molecule has 3 rings (SSSR count). The van der Waals surface area contributed by atoms with Crippen LogP contribution in [0.5, 0.6) is 5.75 Å². The lowest BCUT2D eigenvalue weighted by Gasteiger charge is -2.17. The predicted molar refractivity (Wildman–Crippen MR) is 123 cm³/mol. The fourth-order valence-corrected chi connectivity index (χ4v) is 4.46. The number of nitrogens with one attached hydrogen (secondary N) is 3. The van der Waals surface area contributed by atoms with Gasteiger partial charge in [0.1, 0.15) is 5.75 Å². The molecular formula is C22H26N4O4S. The van der Waals surface area contributed by atoms with Crippen LogP contribution in [-0.2, 0) is 10.0 Å². The molecule has 0 fully saturated rings. The summed E-state index contributed by atoms with van der Waals surface area (Å²) in [5.74, 6) is 0.623. The lowest BCUT2D eigenvalue weighted by atomic mass is 10.1. The quantitative estimate of drug-likeness (QED) is 0.466. The van der Waals surface area contributed by atoms with Crippen LogP contribution in [-0.4, -0.2) is 48.7 Å². The summed E-state index contributed by atoms with van der Waals surface area (Å²) in [6, 6.07) is 17.3. The Hall–Kier alpha value is -3.30. The summed E-state index contributed by atoms with van der Waals surface area (Å²) in [5.41, 5.74) is 1.51. The SMILES string of the molecule is COc1cccc(NC(=O)NCCNS(=O)(=O)c2cccc3c(N(C)C)cccc23)c1. The molecule has 0 heterocycles. The number of anilines is 2. The highest BCUT2D eigenvalue weighted by molar-refractivity contribution is 7.89. The molecule has 0 spiro atoms. The fourth-order valence-electron chi connectivity index (χ4n) is 3.20. The molecule has 0 saturated heterocycles. The van der Waals surface area contributed by atoms with Crippen molar-refractivity contribution in [1.82, 2.24) is 10.0 Å². The van der Waals surface area contributed by atoms with Crippen molar-refractivity contribution in [2.24, 2.45) is 0 Å². The maximum Gasteiger partial charge on any atom is 0.319 e. The van der Waals surface area contributed by atoms with Crippen LogP contribution in [0.4, 0.5) is 16.2 Å². The minimum absolute atomic E-state index is 0.0532. The summed E-state index contributed by atoms with van der Waals surface area (Å²) in [4.78, 5) is 14.2. The summed E-state index contributed by atoms with van der Waals surface area (Å²) in [5, 5.41) is 6.80. The Morgan fingerprint density at radius 1 is 0.968 bits per heavy atom. The van der Waals surface area contributed by atoms with Gasteiger partial charge in [0.15, 0.2) is 0 Å². The van der Waals surface area contributed by atoms with Gasteiger partial charge < -0.3 is 20.3 Å². The van der Waals surface area contributed by atoms with E-state index in [9.17, 15) is 13.2 Å². The molecule has 3 N–H and O–H groups in total. The van der Waals surface area contributed by atoms with Gasteiger partial charge in [-0.2, -0.15) is 0 Å². The summed E-state index contributed by atoms with van der Waals surface area (Å²) < 4.78 is 33.4. The van der Waals surface area contributed by atoms with Crippen LogP contribution in [0.2, 0.25) is 0 Å². The van der Waals surface area contributed by atoms with Crippen LogP contribution in [0.1, 0.15) is 0 Å². The number of rotatable bonds is 8. The van der Waals surface area contributed by atoms with Crippen molar-refractivity contribution in [3.05, 3.63) is 60.7 Å². The number of urea groups is 1. The number of nitrogens with zero attached hydrogens (tertiary/aromatic N) is 1. The monoisotopic (exact) mass is 442 g/mol. The van der Waals surface area contributed by atoms with Crippen molar-refractivity contribution in [3.63, 3.8) is 0 Å². The number of carbonyl (C=O) groups excluding carboxylic acids is 1. The smallest absolute Gasteiger partial charge is 0.319 e. The summed E-state index contributed by atoms with van der Waals surface area (Å²) >= 11 is 0. The van der Waals surface area contributed by atoms with Gasteiger partial charge in [0.25, 0.3) is 0 Å². The molecule has 0 radical (unpaired) electrons. The summed E-state index contributed by atoms with van der Waals surface area (Å²) in [7, 11) is 1.62. The molecule has 2 amide bonds. The van der Waals surface area contributed by atoms with Crippen LogP contribution in [0.15, 0.2) is 65.6 Å². The molecule has 0 unspecified atom stereocenters. The van der Waals surface area contributed by atoms with Crippen LogP contribution >= 0.6 is 0 Å². The molecule has 31 heavy (non-hydrogen) atoms. The highest BCUT2D eigenvalue weighted by Gasteiger charge is 2.18. The molecule has 0 aliphatic carbocycles. The van der Waals surface area contributed by atoms with E-state index in [1.165, 1.54) is 0 Å². The average molecular weight is 443 g/mol. The van der Waals surface area contributed by atoms with Crippen LogP contribution in [0.25, 0.3) is 10.8 Å². The first-order valence-electron chi connectivity index (χ1n) is 9.69. The van der Waals surface area contributed by atoms with E-state index < -0.39 is 16.1 Å². The van der Waals surface area contributed by atoms with Gasteiger partial charge in [0.05, 0.1) is 12.0 Å². The maximum absolute atomic E-state index is 12.9. The van der Waals surface area contributed by atoms with Crippen molar-refractivity contribution >= 4 is 38.2 Å². The second-order valence-electron chi connectivity index (χ2n) is 7.03. The van der Waals surface area contributed by atoms with Crippen LogP contribution < -0.4 is 25.0 Å². The number of carbonyl (C=O) groups is 1. The van der Waals surface area contributed by atoms with Gasteiger partial charge in [-0.25, -0.2) is 17.9 Å². The first kappa shape index (κ1) is 22.4. The Morgan fingerprint density at radius 3 is 2.42 bits per heavy atom. The van der Waals surface area contributed by atoms with E-state index >= 15 is 0 Å². The van der Waals surface area contributed by atoms with Crippen molar-refractivity contribution in [2.45, 2.75) is 4.90 Å². The molecular weight excluding hydrogens is 416 g/mol. The molecule has 0 saturated carbocycles. The van der Waals surface area contributed by atoms with E-state index in [2.05, 4.69) is 15.4 Å². The van der Waals surface area contributed by atoms with Gasteiger partial charge in [-0.15, -0.1) is 0 Å². The molecule has 3 aromatic rings. The van der Waals surface area contributed by atoms with Crippen molar-refractivity contribution in [3.8, 4) is 5.75 Å². The number of fused-ring (bicyclic) bond motifs is 1. The molecule has 8 nitrogen and oxygen atoms in total. The van der Waals surface area contributed by atoms with Gasteiger partial charge in [-0.1, -0.05) is 30.3 Å². The fraction of sp³-hybridized carbons (Fsp3) is 0.227. The zero-order valence-corrected chi connectivity index (χ0v) is 18.5. The third kappa shape index (κ3) is 5.44. The molecule has 0 bridgehead atoms. The molecule has 0 atom stereocenters. The highest BCUT2D eigenvalue weighted by Crippen LogP contribution is 2.30. The second kappa shape index (κ2) is 9.67. The largest absolute Gasteiger partial charge is 0.497 e. The Kier molecular flexibility index (Phi) is 6.98. The average Bonchev–Trinajstić information content (AvgIpc) is 2.76. The summed E-state index contributed by atoms with van der Waals surface area (Å²) in [6.45, 7) is 0.181. The predicted octanol–water partition coefficient (Wildman–Crippen LogP) is 3.01. The lowest BCUT2D eigenvalue weighted by molar-refractivity contribution is 0.252. The topological polar surface area (TPSA) is 99.8 Å². The first-order valence-corrected chi connectivity index (χ1v) is 11.2. The van der Waals surface area contributed by atoms with Crippen molar-refractivity contribution in [1.29, 1.82) is 0 Å². The number of methoxy groups -OCH3 is 1. The van der Waals surface area contributed by atoms with Crippen LogP contribution in [0.3, 0.4) is 0 Å². The standard InChI is InChI=1S/C22H26N4O4S/c1-26(2)20-11-5-10-19-18(20)9-6-12-21(19)31(28,29)24-14-13-23-22(27)25-16-7-4-8-17(15-16)30-3/h4-12,15,24H,13-14H2,1-3H3,(H2,23,25,27). The van der Waals surface area contributed by atoms with E-state index in [-0.39, 0.29) is 18.0 Å². The normalized spacial score (nSPS) is 11.2. The Labute approximate surface area is 182 Å². The molecule has 0 aliphatic rings. The highest BCUT2D eigenvalue weighted by atomic mass is 32.2. The number of benzene rings is 3. The Bertz CT molecular complexity index is 1180. The first-order chi connectivity index (χ1) is 14.8.